The van der Waals surface area contributed by atoms with E-state index in [4.69, 9.17) is 0 Å². The number of hydrogen-bond acceptors (Lipinski definition) is 7. The van der Waals surface area contributed by atoms with Crippen molar-refractivity contribution in [3.05, 3.63) is 89.3 Å². The number of ether oxygens (including phenoxy) is 1. The summed E-state index contributed by atoms with van der Waals surface area (Å²) in [6, 6.07) is 13.3. The summed E-state index contributed by atoms with van der Waals surface area (Å²) in [4.78, 5) is 19.7. The summed E-state index contributed by atoms with van der Waals surface area (Å²) in [6.45, 7) is -1.89. The maximum absolute atomic E-state index is 13.8. The molecule has 0 spiro atoms. The highest BCUT2D eigenvalue weighted by Gasteiger charge is 2.23. The number of benzene rings is 2. The van der Waals surface area contributed by atoms with Gasteiger partial charge in [-0.3, -0.25) is 5.10 Å². The number of alkyl halides is 2. The molecule has 0 unspecified atom stereocenters. The topological polar surface area (TPSA) is 92.7 Å². The van der Waals surface area contributed by atoms with Crippen LogP contribution in [0.2, 0.25) is 0 Å². The average molecular weight is 499 g/mol. The van der Waals surface area contributed by atoms with Crippen LogP contribution in [0.25, 0.3) is 22.4 Å². The van der Waals surface area contributed by atoms with E-state index < -0.39 is 12.6 Å². The molecule has 182 valence electrons. The fourth-order valence-electron chi connectivity index (χ4n) is 4.06. The molecular weight excluding hydrogens is 483 g/mol. The van der Waals surface area contributed by atoms with E-state index in [0.717, 1.165) is 11.1 Å². The van der Waals surface area contributed by atoms with Gasteiger partial charge in [0.05, 0.1) is 10.9 Å². The highest BCUT2D eigenvalue weighted by molar-refractivity contribution is 5.80. The number of H-pyrrole nitrogens is 1. The first-order chi connectivity index (χ1) is 18.0. The summed E-state index contributed by atoms with van der Waals surface area (Å²) in [5.74, 6) is 6.40. The zero-order valence-corrected chi connectivity index (χ0v) is 19.0. The van der Waals surface area contributed by atoms with Gasteiger partial charge in [0.15, 0.2) is 5.82 Å². The zero-order chi connectivity index (χ0) is 25.4. The fourth-order valence-corrected chi connectivity index (χ4v) is 4.06. The molecule has 0 amide bonds. The van der Waals surface area contributed by atoms with E-state index in [1.807, 2.05) is 4.90 Å². The quantitative estimate of drug-likeness (QED) is 0.365. The third-order valence-corrected chi connectivity index (χ3v) is 5.78. The number of halogens is 3. The lowest BCUT2D eigenvalue weighted by atomic mass is 10.1. The second kappa shape index (κ2) is 9.23. The molecular formula is C26H16F3N7O. The molecule has 0 atom stereocenters. The largest absolute Gasteiger partial charge is 0.435 e. The molecule has 1 aliphatic heterocycles. The van der Waals surface area contributed by atoms with Gasteiger partial charge in [-0.1, -0.05) is 12.0 Å². The van der Waals surface area contributed by atoms with Gasteiger partial charge in [0.25, 0.3) is 0 Å². The van der Waals surface area contributed by atoms with E-state index in [9.17, 15) is 13.2 Å². The maximum Gasteiger partial charge on any atom is 0.387 e. The van der Waals surface area contributed by atoms with Crippen molar-refractivity contribution in [3.63, 3.8) is 0 Å². The predicted molar refractivity (Wildman–Crippen MR) is 128 cm³/mol. The van der Waals surface area contributed by atoms with Gasteiger partial charge < -0.3 is 9.64 Å². The molecule has 0 fully saturated rings. The molecule has 0 saturated carbocycles. The third kappa shape index (κ3) is 4.64. The molecule has 6 rings (SSSR count). The van der Waals surface area contributed by atoms with E-state index in [0.29, 0.717) is 52.7 Å². The van der Waals surface area contributed by atoms with Crippen LogP contribution in [0.4, 0.5) is 19.1 Å². The van der Waals surface area contributed by atoms with Gasteiger partial charge in [-0.15, -0.1) is 0 Å². The molecule has 4 heterocycles. The van der Waals surface area contributed by atoms with Gasteiger partial charge in [0.1, 0.15) is 17.1 Å². The number of aromatic amines is 1. The van der Waals surface area contributed by atoms with Crippen LogP contribution in [0.15, 0.2) is 60.9 Å². The minimum atomic E-state index is -2.88. The lowest BCUT2D eigenvalue weighted by molar-refractivity contribution is -0.0498. The lowest BCUT2D eigenvalue weighted by Gasteiger charge is -2.15. The highest BCUT2D eigenvalue weighted by atomic mass is 19.3. The summed E-state index contributed by atoms with van der Waals surface area (Å²) in [7, 11) is 0. The van der Waals surface area contributed by atoms with Crippen LogP contribution in [0.3, 0.4) is 0 Å². The van der Waals surface area contributed by atoms with E-state index in [1.165, 1.54) is 6.07 Å². The van der Waals surface area contributed by atoms with Crippen molar-refractivity contribution in [1.29, 1.82) is 0 Å². The second-order valence-corrected chi connectivity index (χ2v) is 8.19. The molecule has 3 aromatic heterocycles. The summed E-state index contributed by atoms with van der Waals surface area (Å²) in [5.41, 5.74) is 3.97. The number of rotatable bonds is 4. The van der Waals surface area contributed by atoms with Crippen molar-refractivity contribution in [1.82, 2.24) is 30.1 Å². The second-order valence-electron chi connectivity index (χ2n) is 8.19. The lowest BCUT2D eigenvalue weighted by Crippen LogP contribution is -2.17. The van der Waals surface area contributed by atoms with Crippen molar-refractivity contribution in [2.75, 3.05) is 4.90 Å². The fraction of sp³-hybridized carbons (Fsp3) is 0.115. The van der Waals surface area contributed by atoms with Crippen LogP contribution in [0.5, 0.6) is 5.75 Å². The van der Waals surface area contributed by atoms with Gasteiger partial charge in [0.2, 0.25) is 11.9 Å². The van der Waals surface area contributed by atoms with Gasteiger partial charge in [-0.05, 0) is 59.5 Å². The molecule has 2 aromatic carbocycles. The average Bonchev–Trinajstić information content (AvgIpc) is 3.50. The zero-order valence-electron chi connectivity index (χ0n) is 19.0. The van der Waals surface area contributed by atoms with Gasteiger partial charge in [0, 0.05) is 31.0 Å². The van der Waals surface area contributed by atoms with Crippen LogP contribution in [-0.4, -0.2) is 36.7 Å². The summed E-state index contributed by atoms with van der Waals surface area (Å²) in [6.07, 6.45) is 3.20. The summed E-state index contributed by atoms with van der Waals surface area (Å²) < 4.78 is 43.4. The monoisotopic (exact) mass is 499 g/mol. The number of hydrogen-bond donors (Lipinski definition) is 1. The molecule has 5 aromatic rings. The standard InChI is InChI=1S/C26H16F3N7O/c27-23-20-11-15(2-6-21(20)34-35-23)1-4-18-7-9-30-24(32-18)22-8-10-31-26(33-22)36-13-16-3-5-19(37-25(28)29)12-17(16)14-36/h2-3,5-12,25H,13-14H2,(H,34,35). The van der Waals surface area contributed by atoms with E-state index in [1.54, 1.807) is 54.9 Å². The predicted octanol–water partition coefficient (Wildman–Crippen LogP) is 4.47. The number of nitrogens with zero attached hydrogens (tertiary/aromatic N) is 6. The minimum absolute atomic E-state index is 0.117. The van der Waals surface area contributed by atoms with E-state index in [-0.39, 0.29) is 5.75 Å². The smallest absolute Gasteiger partial charge is 0.387 e. The Morgan fingerprint density at radius 3 is 2.68 bits per heavy atom. The van der Waals surface area contributed by atoms with Gasteiger partial charge in [-0.2, -0.15) is 18.3 Å². The van der Waals surface area contributed by atoms with Gasteiger partial charge >= 0.3 is 6.61 Å². The van der Waals surface area contributed by atoms with Crippen molar-refractivity contribution in [2.45, 2.75) is 19.7 Å². The van der Waals surface area contributed by atoms with Crippen LogP contribution in [0, 0.1) is 17.8 Å². The highest BCUT2D eigenvalue weighted by Crippen LogP contribution is 2.30. The molecule has 11 heteroatoms. The van der Waals surface area contributed by atoms with Crippen LogP contribution < -0.4 is 9.64 Å². The van der Waals surface area contributed by atoms with Crippen molar-refractivity contribution in [3.8, 4) is 29.1 Å². The van der Waals surface area contributed by atoms with Crippen LogP contribution >= 0.6 is 0 Å². The summed E-state index contributed by atoms with van der Waals surface area (Å²) in [5, 5.41) is 6.54. The van der Waals surface area contributed by atoms with Crippen LogP contribution in [0.1, 0.15) is 22.4 Å². The molecule has 1 aliphatic rings. The number of anilines is 1. The molecule has 1 N–H and O–H groups in total. The van der Waals surface area contributed by atoms with Gasteiger partial charge in [-0.25, -0.2) is 19.9 Å². The first-order valence-electron chi connectivity index (χ1n) is 11.2. The van der Waals surface area contributed by atoms with E-state index >= 15 is 0 Å². The normalized spacial score (nSPS) is 12.5. The van der Waals surface area contributed by atoms with Crippen molar-refractivity contribution < 1.29 is 17.9 Å². The molecule has 0 radical (unpaired) electrons. The van der Waals surface area contributed by atoms with E-state index in [2.05, 4.69) is 46.7 Å². The third-order valence-electron chi connectivity index (χ3n) is 5.78. The number of aromatic nitrogens is 6. The Morgan fingerprint density at radius 2 is 1.78 bits per heavy atom. The SMILES string of the molecule is Fc1[nH]nc2ccc(C#Cc3ccnc(-c4ccnc(N5Cc6ccc(OC(F)F)cc6C5)n4)n3)cc12. The first kappa shape index (κ1) is 22.5. The Kier molecular flexibility index (Phi) is 5.61. The molecule has 8 nitrogen and oxygen atoms in total. The Hall–Kier alpha value is -4.98. The minimum Gasteiger partial charge on any atom is -0.435 e. The Labute approximate surface area is 208 Å². The Balaban J connectivity index is 1.23. The number of fused-ring (bicyclic) bond motifs is 2. The van der Waals surface area contributed by atoms with Crippen molar-refractivity contribution in [2.24, 2.45) is 0 Å². The maximum atomic E-state index is 13.8. The molecule has 0 aliphatic carbocycles. The molecule has 37 heavy (non-hydrogen) atoms. The summed E-state index contributed by atoms with van der Waals surface area (Å²) >= 11 is 0. The Bertz CT molecular complexity index is 1690. The number of nitrogens with one attached hydrogen (secondary N) is 1. The first-order valence-corrected chi connectivity index (χ1v) is 11.2. The Morgan fingerprint density at radius 1 is 0.919 bits per heavy atom. The molecule has 0 saturated heterocycles. The van der Waals surface area contributed by atoms with Crippen LogP contribution in [-0.2, 0) is 13.1 Å². The molecule has 0 bridgehead atoms. The van der Waals surface area contributed by atoms with Crippen molar-refractivity contribution >= 4 is 16.9 Å².